The monoisotopic (exact) mass is 155 g/mol. The van der Waals surface area contributed by atoms with Crippen LogP contribution in [0.4, 0.5) is 0 Å². The van der Waals surface area contributed by atoms with E-state index in [1.165, 1.54) is 12.8 Å². The van der Waals surface area contributed by atoms with Gasteiger partial charge in [0.25, 0.3) is 0 Å². The van der Waals surface area contributed by atoms with Crippen molar-refractivity contribution in [2.24, 2.45) is 11.3 Å². The molecule has 0 aliphatic heterocycles. The Labute approximate surface area is 68.0 Å². The zero-order chi connectivity index (χ0) is 7.90. The Morgan fingerprint density at radius 3 is 2.45 bits per heavy atom. The lowest BCUT2D eigenvalue weighted by Crippen LogP contribution is -2.51. The Kier molecular flexibility index (Phi) is 1.69. The molecule has 0 aromatic carbocycles. The summed E-state index contributed by atoms with van der Waals surface area (Å²) in [6, 6.07) is 0. The summed E-state index contributed by atoms with van der Waals surface area (Å²) < 4.78 is 0. The minimum Gasteiger partial charge on any atom is -0.393 e. The Balaban J connectivity index is 1.72. The van der Waals surface area contributed by atoms with E-state index in [0.717, 1.165) is 25.3 Å². The standard InChI is InChI=1S/C9H17NO/c1-10-6-7-2-9(3-7)4-8(11)5-9/h7-8,10-11H,2-6H2,1H3/t7-,8-,9?. The SMILES string of the molecule is CNC[C@H]1CC2(C[C@@H](O)C2)C1. The molecular weight excluding hydrogens is 138 g/mol. The van der Waals surface area contributed by atoms with Crippen LogP contribution in [0.3, 0.4) is 0 Å². The summed E-state index contributed by atoms with van der Waals surface area (Å²) in [5.74, 6) is 0.896. The van der Waals surface area contributed by atoms with Crippen molar-refractivity contribution in [2.45, 2.75) is 31.8 Å². The molecule has 0 aromatic rings. The highest BCUT2D eigenvalue weighted by Crippen LogP contribution is 2.58. The largest absolute Gasteiger partial charge is 0.393 e. The Morgan fingerprint density at radius 2 is 2.00 bits per heavy atom. The van der Waals surface area contributed by atoms with Crippen molar-refractivity contribution in [3.63, 3.8) is 0 Å². The van der Waals surface area contributed by atoms with Crippen molar-refractivity contribution in [3.8, 4) is 0 Å². The van der Waals surface area contributed by atoms with Crippen molar-refractivity contribution >= 4 is 0 Å². The highest BCUT2D eigenvalue weighted by molar-refractivity contribution is 5.03. The van der Waals surface area contributed by atoms with E-state index in [0.29, 0.717) is 5.41 Å². The average molecular weight is 155 g/mol. The highest BCUT2D eigenvalue weighted by atomic mass is 16.3. The molecule has 2 nitrogen and oxygen atoms in total. The predicted octanol–water partition coefficient (Wildman–Crippen LogP) is 0.757. The van der Waals surface area contributed by atoms with Crippen LogP contribution in [0.1, 0.15) is 25.7 Å². The van der Waals surface area contributed by atoms with E-state index < -0.39 is 0 Å². The van der Waals surface area contributed by atoms with Gasteiger partial charge in [-0.2, -0.15) is 0 Å². The molecule has 2 saturated carbocycles. The molecule has 0 amide bonds. The summed E-state index contributed by atoms with van der Waals surface area (Å²) in [6.45, 7) is 1.16. The van der Waals surface area contributed by atoms with Crippen molar-refractivity contribution in [1.29, 1.82) is 0 Å². The first-order chi connectivity index (χ1) is 5.24. The summed E-state index contributed by atoms with van der Waals surface area (Å²) in [7, 11) is 2.01. The maximum Gasteiger partial charge on any atom is 0.0550 e. The first kappa shape index (κ1) is 7.56. The van der Waals surface area contributed by atoms with Gasteiger partial charge in [0.15, 0.2) is 0 Å². The van der Waals surface area contributed by atoms with Crippen LogP contribution in [-0.2, 0) is 0 Å². The van der Waals surface area contributed by atoms with Crippen molar-refractivity contribution < 1.29 is 5.11 Å². The second kappa shape index (κ2) is 2.46. The molecule has 64 valence electrons. The second-order valence-corrected chi connectivity index (χ2v) is 4.39. The van der Waals surface area contributed by atoms with Gasteiger partial charge in [-0.1, -0.05) is 0 Å². The van der Waals surface area contributed by atoms with Crippen molar-refractivity contribution in [1.82, 2.24) is 5.32 Å². The minimum atomic E-state index is 0.0329. The predicted molar refractivity (Wildman–Crippen MR) is 44.3 cm³/mol. The molecule has 0 unspecified atom stereocenters. The van der Waals surface area contributed by atoms with Crippen LogP contribution >= 0.6 is 0 Å². The molecule has 0 aromatic heterocycles. The summed E-state index contributed by atoms with van der Waals surface area (Å²) in [5.41, 5.74) is 0.598. The quantitative estimate of drug-likeness (QED) is 0.617. The molecule has 2 aliphatic carbocycles. The number of aliphatic hydroxyl groups is 1. The van der Waals surface area contributed by atoms with Crippen molar-refractivity contribution in [3.05, 3.63) is 0 Å². The average Bonchev–Trinajstić information content (AvgIpc) is 1.80. The Bertz CT molecular complexity index is 144. The molecule has 2 rings (SSSR count). The number of rotatable bonds is 2. The van der Waals surface area contributed by atoms with Gasteiger partial charge < -0.3 is 10.4 Å². The third kappa shape index (κ3) is 1.18. The van der Waals surface area contributed by atoms with E-state index in [9.17, 15) is 0 Å². The topological polar surface area (TPSA) is 32.3 Å². The fraction of sp³-hybridized carbons (Fsp3) is 1.00. The molecule has 0 bridgehead atoms. The van der Waals surface area contributed by atoms with Crippen LogP contribution in [0.25, 0.3) is 0 Å². The van der Waals surface area contributed by atoms with Gasteiger partial charge >= 0.3 is 0 Å². The molecule has 0 atom stereocenters. The van der Waals surface area contributed by atoms with Gasteiger partial charge in [0.1, 0.15) is 0 Å². The van der Waals surface area contributed by atoms with E-state index in [-0.39, 0.29) is 6.10 Å². The molecule has 0 radical (unpaired) electrons. The lowest BCUT2D eigenvalue weighted by Gasteiger charge is -2.56. The number of hydrogen-bond acceptors (Lipinski definition) is 2. The van der Waals surface area contributed by atoms with E-state index in [1.54, 1.807) is 0 Å². The Hall–Kier alpha value is -0.0800. The van der Waals surface area contributed by atoms with Gasteiger partial charge in [-0.3, -0.25) is 0 Å². The van der Waals surface area contributed by atoms with Crippen LogP contribution < -0.4 is 5.32 Å². The number of nitrogens with one attached hydrogen (secondary N) is 1. The molecule has 0 saturated heterocycles. The summed E-state index contributed by atoms with van der Waals surface area (Å²) >= 11 is 0. The summed E-state index contributed by atoms with van der Waals surface area (Å²) in [6.07, 6.45) is 4.89. The lowest BCUT2D eigenvalue weighted by molar-refractivity contribution is -0.109. The fourth-order valence-corrected chi connectivity index (χ4v) is 2.87. The zero-order valence-corrected chi connectivity index (χ0v) is 7.14. The van der Waals surface area contributed by atoms with E-state index in [4.69, 9.17) is 5.11 Å². The van der Waals surface area contributed by atoms with Crippen LogP contribution in [0.5, 0.6) is 0 Å². The third-order valence-electron chi connectivity index (χ3n) is 3.27. The summed E-state index contributed by atoms with van der Waals surface area (Å²) in [5, 5.41) is 12.4. The maximum atomic E-state index is 9.15. The Morgan fingerprint density at radius 1 is 1.36 bits per heavy atom. The van der Waals surface area contributed by atoms with Gasteiger partial charge in [-0.15, -0.1) is 0 Å². The van der Waals surface area contributed by atoms with Crippen LogP contribution in [-0.4, -0.2) is 24.8 Å². The van der Waals surface area contributed by atoms with Gasteiger partial charge in [0.2, 0.25) is 0 Å². The van der Waals surface area contributed by atoms with Gasteiger partial charge in [-0.05, 0) is 50.6 Å². The van der Waals surface area contributed by atoms with E-state index in [2.05, 4.69) is 5.32 Å². The maximum absolute atomic E-state index is 9.15. The van der Waals surface area contributed by atoms with Crippen LogP contribution in [0.2, 0.25) is 0 Å². The molecule has 2 fully saturated rings. The zero-order valence-electron chi connectivity index (χ0n) is 7.14. The third-order valence-corrected chi connectivity index (χ3v) is 3.27. The van der Waals surface area contributed by atoms with Gasteiger partial charge in [0.05, 0.1) is 6.10 Å². The molecule has 2 aliphatic rings. The van der Waals surface area contributed by atoms with Crippen molar-refractivity contribution in [2.75, 3.05) is 13.6 Å². The number of hydrogen-bond donors (Lipinski definition) is 2. The fourth-order valence-electron chi connectivity index (χ4n) is 2.87. The molecule has 1 spiro atoms. The van der Waals surface area contributed by atoms with Crippen LogP contribution in [0.15, 0.2) is 0 Å². The molecule has 2 N–H and O–H groups in total. The second-order valence-electron chi connectivity index (χ2n) is 4.39. The van der Waals surface area contributed by atoms with E-state index >= 15 is 0 Å². The van der Waals surface area contributed by atoms with E-state index in [1.807, 2.05) is 7.05 Å². The first-order valence-electron chi connectivity index (χ1n) is 4.57. The van der Waals surface area contributed by atoms with Gasteiger partial charge in [-0.25, -0.2) is 0 Å². The highest BCUT2D eigenvalue weighted by Gasteiger charge is 2.51. The normalized spacial score (nSPS) is 48.5. The molecule has 2 heteroatoms. The molecular formula is C9H17NO. The lowest BCUT2D eigenvalue weighted by atomic mass is 9.51. The van der Waals surface area contributed by atoms with Gasteiger partial charge in [0, 0.05) is 0 Å². The smallest absolute Gasteiger partial charge is 0.0550 e. The number of aliphatic hydroxyl groups excluding tert-OH is 1. The first-order valence-corrected chi connectivity index (χ1v) is 4.57. The minimum absolute atomic E-state index is 0.0329. The molecule has 11 heavy (non-hydrogen) atoms. The van der Waals surface area contributed by atoms with Crippen LogP contribution in [0, 0.1) is 11.3 Å². The summed E-state index contributed by atoms with van der Waals surface area (Å²) in [4.78, 5) is 0. The molecule has 0 heterocycles.